The molecule has 6 nitrogen and oxygen atoms in total. The highest BCUT2D eigenvalue weighted by atomic mass is 35.6. The lowest BCUT2D eigenvalue weighted by Crippen LogP contribution is -2.48. The Kier molecular flexibility index (Phi) is 6.35. The van der Waals surface area contributed by atoms with Gasteiger partial charge in [-0.1, -0.05) is 70.7 Å². The average Bonchev–Trinajstić information content (AvgIpc) is 2.55. The van der Waals surface area contributed by atoms with Crippen LogP contribution in [0.1, 0.15) is 10.4 Å². The third-order valence-corrected chi connectivity index (χ3v) is 3.89. The smallest absolute Gasteiger partial charge is 0.282 e. The number of halogens is 4. The molecule has 0 spiro atoms. The highest BCUT2D eigenvalue weighted by Crippen LogP contribution is 2.34. The van der Waals surface area contributed by atoms with Crippen molar-refractivity contribution in [3.63, 3.8) is 0 Å². The summed E-state index contributed by atoms with van der Waals surface area (Å²) in [5, 5.41) is 13.6. The van der Waals surface area contributed by atoms with Crippen LogP contribution in [-0.4, -0.2) is 20.9 Å². The van der Waals surface area contributed by atoms with Gasteiger partial charge in [0.1, 0.15) is 11.3 Å². The summed E-state index contributed by atoms with van der Waals surface area (Å²) in [7, 11) is 0. The zero-order valence-corrected chi connectivity index (χ0v) is 15.3. The van der Waals surface area contributed by atoms with Crippen LogP contribution in [0.15, 0.2) is 48.5 Å². The summed E-state index contributed by atoms with van der Waals surface area (Å²) in [6, 6.07) is 11.8. The minimum absolute atomic E-state index is 0.170. The Hall–Kier alpha value is -1.73. The Morgan fingerprint density at radius 1 is 1.12 bits per heavy atom. The molecule has 1 N–H and O–H groups in total. The molecule has 1 atom stereocenters. The van der Waals surface area contributed by atoms with Crippen molar-refractivity contribution in [2.24, 2.45) is 0 Å². The van der Waals surface area contributed by atoms with Gasteiger partial charge in [-0.05, 0) is 18.2 Å². The van der Waals surface area contributed by atoms with Gasteiger partial charge in [-0.3, -0.25) is 14.9 Å². The fourth-order valence-corrected chi connectivity index (χ4v) is 2.34. The fraction of sp³-hybridized carbons (Fsp3) is 0.133. The van der Waals surface area contributed by atoms with Gasteiger partial charge in [0.15, 0.2) is 0 Å². The highest BCUT2D eigenvalue weighted by Gasteiger charge is 2.37. The third kappa shape index (κ3) is 5.12. The van der Waals surface area contributed by atoms with E-state index in [1.54, 1.807) is 18.2 Å². The molecular weight excluding hydrogens is 414 g/mol. The largest absolute Gasteiger partial charge is 0.464 e. The predicted molar refractivity (Wildman–Crippen MR) is 96.7 cm³/mol. The Balaban J connectivity index is 2.28. The number of nitro groups is 1. The predicted octanol–water partition coefficient (Wildman–Crippen LogP) is 4.75. The van der Waals surface area contributed by atoms with E-state index in [4.69, 9.17) is 51.1 Å². The number of carbonyl (C=O) groups excluding carboxylic acids is 1. The van der Waals surface area contributed by atoms with Crippen LogP contribution in [0.5, 0.6) is 5.75 Å². The van der Waals surface area contributed by atoms with Crippen molar-refractivity contribution in [1.82, 2.24) is 5.32 Å². The molecule has 10 heteroatoms. The molecule has 0 unspecified atom stereocenters. The molecule has 0 aliphatic rings. The lowest BCUT2D eigenvalue weighted by molar-refractivity contribution is -0.385. The number of amides is 1. The molecule has 0 bridgehead atoms. The Bertz CT molecular complexity index is 795. The molecule has 132 valence electrons. The average molecular weight is 424 g/mol. The van der Waals surface area contributed by atoms with E-state index in [0.29, 0.717) is 0 Å². The molecule has 0 radical (unpaired) electrons. The Labute approximate surface area is 162 Å². The van der Waals surface area contributed by atoms with Gasteiger partial charge in [-0.25, -0.2) is 0 Å². The highest BCUT2D eigenvalue weighted by molar-refractivity contribution is 6.68. The van der Waals surface area contributed by atoms with Crippen molar-refractivity contribution in [3.05, 3.63) is 69.2 Å². The van der Waals surface area contributed by atoms with Crippen LogP contribution in [0.25, 0.3) is 0 Å². The first kappa shape index (κ1) is 19.6. The van der Waals surface area contributed by atoms with Gasteiger partial charge >= 0.3 is 0 Å². The molecule has 0 saturated heterocycles. The number of rotatable bonds is 5. The number of alkyl halides is 3. The summed E-state index contributed by atoms with van der Waals surface area (Å²) in [6.07, 6.45) is -1.44. The second-order valence-corrected chi connectivity index (χ2v) is 7.49. The number of hydrogen-bond donors (Lipinski definition) is 1. The van der Waals surface area contributed by atoms with Crippen LogP contribution < -0.4 is 10.1 Å². The van der Waals surface area contributed by atoms with Crippen LogP contribution in [-0.2, 0) is 0 Å². The third-order valence-electron chi connectivity index (χ3n) is 2.99. The van der Waals surface area contributed by atoms with Gasteiger partial charge in [-0.15, -0.1) is 0 Å². The van der Waals surface area contributed by atoms with Crippen LogP contribution in [0.4, 0.5) is 5.69 Å². The quantitative estimate of drug-likeness (QED) is 0.325. The lowest BCUT2D eigenvalue weighted by atomic mass is 10.1. The van der Waals surface area contributed by atoms with E-state index < -0.39 is 20.9 Å². The van der Waals surface area contributed by atoms with E-state index in [9.17, 15) is 14.9 Å². The van der Waals surface area contributed by atoms with E-state index in [0.717, 1.165) is 0 Å². The van der Waals surface area contributed by atoms with Gasteiger partial charge in [-0.2, -0.15) is 0 Å². The van der Waals surface area contributed by atoms with Crippen LogP contribution in [0.3, 0.4) is 0 Å². The molecule has 0 saturated carbocycles. The van der Waals surface area contributed by atoms with Crippen LogP contribution in [0.2, 0.25) is 5.02 Å². The molecule has 0 aromatic heterocycles. The zero-order chi connectivity index (χ0) is 18.6. The number of benzene rings is 2. The van der Waals surface area contributed by atoms with E-state index >= 15 is 0 Å². The van der Waals surface area contributed by atoms with Crippen molar-refractivity contribution in [2.45, 2.75) is 10.0 Å². The zero-order valence-electron chi connectivity index (χ0n) is 12.3. The second-order valence-electron chi connectivity index (χ2n) is 4.72. The lowest BCUT2D eigenvalue weighted by Gasteiger charge is -2.26. The van der Waals surface area contributed by atoms with Gasteiger partial charge in [0.05, 0.1) is 9.95 Å². The van der Waals surface area contributed by atoms with Crippen molar-refractivity contribution < 1.29 is 14.5 Å². The summed E-state index contributed by atoms with van der Waals surface area (Å²) in [5.74, 6) is -0.668. The van der Waals surface area contributed by atoms with E-state index in [2.05, 4.69) is 5.32 Å². The summed E-state index contributed by atoms with van der Waals surface area (Å²) >= 11 is 23.5. The van der Waals surface area contributed by atoms with Crippen LogP contribution in [0, 0.1) is 10.1 Å². The maximum Gasteiger partial charge on any atom is 0.282 e. The molecule has 0 fully saturated rings. The van der Waals surface area contributed by atoms with Gasteiger partial charge in [0, 0.05) is 6.07 Å². The van der Waals surface area contributed by atoms with Gasteiger partial charge in [0.25, 0.3) is 11.6 Å². The summed E-state index contributed by atoms with van der Waals surface area (Å²) in [4.78, 5) is 22.8. The molecule has 1 amide bonds. The molecule has 25 heavy (non-hydrogen) atoms. The number of ether oxygens (including phenoxy) is 1. The second kappa shape index (κ2) is 8.10. The van der Waals surface area contributed by atoms with Crippen molar-refractivity contribution in [1.29, 1.82) is 0 Å². The van der Waals surface area contributed by atoms with E-state index in [1.165, 1.54) is 30.3 Å². The molecule has 0 aliphatic heterocycles. The molecule has 2 aromatic rings. The number of para-hydroxylation sites is 2. The minimum Gasteiger partial charge on any atom is -0.464 e. The van der Waals surface area contributed by atoms with E-state index in [-0.39, 0.29) is 22.0 Å². The number of carbonyl (C=O) groups is 1. The number of hydrogen-bond acceptors (Lipinski definition) is 4. The molecule has 2 aromatic carbocycles. The minimum atomic E-state index is -2.06. The Morgan fingerprint density at radius 3 is 2.32 bits per heavy atom. The number of nitrogens with zero attached hydrogens (tertiary/aromatic N) is 1. The number of nitrogens with one attached hydrogen (secondary N) is 1. The summed E-state index contributed by atoms with van der Waals surface area (Å²) in [6.45, 7) is 0. The first-order valence-corrected chi connectivity index (χ1v) is 8.23. The van der Waals surface area contributed by atoms with Gasteiger partial charge in [0.2, 0.25) is 10.0 Å². The standard InChI is InChI=1S/C15H10Cl4N2O4/c16-10-6-2-4-8-12(10)25-14(15(17,18)19)20-13(22)9-5-1-3-7-11(9)21(23)24/h1-8,14H,(H,20,22)/t14-/m0/s1. The molecule has 0 aliphatic carbocycles. The summed E-state index contributed by atoms with van der Waals surface area (Å²) in [5.41, 5.74) is -0.588. The normalized spacial score (nSPS) is 12.3. The SMILES string of the molecule is O=C(N[C@@H](Oc1ccccc1Cl)C(Cl)(Cl)Cl)c1ccccc1[N+](=O)[O-]. The maximum absolute atomic E-state index is 12.4. The first-order valence-electron chi connectivity index (χ1n) is 6.72. The van der Waals surface area contributed by atoms with Crippen molar-refractivity contribution >= 4 is 58.0 Å². The van der Waals surface area contributed by atoms with Crippen molar-refractivity contribution in [3.8, 4) is 5.75 Å². The fourth-order valence-electron chi connectivity index (χ4n) is 1.87. The number of nitro benzene ring substituents is 1. The first-order chi connectivity index (χ1) is 11.7. The van der Waals surface area contributed by atoms with Crippen molar-refractivity contribution in [2.75, 3.05) is 0 Å². The van der Waals surface area contributed by atoms with Gasteiger partial charge < -0.3 is 10.1 Å². The van der Waals surface area contributed by atoms with E-state index in [1.807, 2.05) is 0 Å². The Morgan fingerprint density at radius 2 is 1.72 bits per heavy atom. The monoisotopic (exact) mass is 422 g/mol. The molecule has 2 rings (SSSR count). The maximum atomic E-state index is 12.4. The topological polar surface area (TPSA) is 81.5 Å². The molecular formula is C15H10Cl4N2O4. The molecule has 0 heterocycles. The summed E-state index contributed by atoms with van der Waals surface area (Å²) < 4.78 is 3.42. The van der Waals surface area contributed by atoms with Crippen LogP contribution >= 0.6 is 46.4 Å².